The van der Waals surface area contributed by atoms with Gasteiger partial charge in [-0.1, -0.05) is 11.3 Å². The second-order valence-electron chi connectivity index (χ2n) is 6.45. The van der Waals surface area contributed by atoms with Crippen LogP contribution in [0.5, 0.6) is 5.75 Å². The fourth-order valence-corrected chi connectivity index (χ4v) is 3.74. The van der Waals surface area contributed by atoms with Gasteiger partial charge in [0, 0.05) is 12.1 Å². The molecule has 0 saturated heterocycles. The van der Waals surface area contributed by atoms with Gasteiger partial charge in [0.05, 0.1) is 17.3 Å². The highest BCUT2D eigenvalue weighted by Gasteiger charge is 2.21. The maximum atomic E-state index is 13.5. The van der Waals surface area contributed by atoms with E-state index in [1.165, 1.54) is 23.5 Å². The lowest BCUT2D eigenvalue weighted by atomic mass is 10.2. The van der Waals surface area contributed by atoms with Crippen molar-refractivity contribution in [3.05, 3.63) is 53.8 Å². The van der Waals surface area contributed by atoms with Gasteiger partial charge in [0.2, 0.25) is 0 Å². The van der Waals surface area contributed by atoms with E-state index >= 15 is 0 Å². The zero-order chi connectivity index (χ0) is 19.4. The van der Waals surface area contributed by atoms with Gasteiger partial charge in [0.15, 0.2) is 5.13 Å². The van der Waals surface area contributed by atoms with Crippen molar-refractivity contribution >= 4 is 45.0 Å². The van der Waals surface area contributed by atoms with Crippen molar-refractivity contribution in [3.63, 3.8) is 0 Å². The number of hydrogen-bond donors (Lipinski definition) is 0. The van der Waals surface area contributed by atoms with E-state index in [0.29, 0.717) is 28.5 Å². The first-order valence-electron chi connectivity index (χ1n) is 8.64. The molecule has 0 aliphatic rings. The van der Waals surface area contributed by atoms with Crippen molar-refractivity contribution in [1.29, 1.82) is 0 Å². The topological polar surface area (TPSA) is 45.7 Å². The van der Waals surface area contributed by atoms with Gasteiger partial charge >= 0.3 is 0 Å². The summed E-state index contributed by atoms with van der Waals surface area (Å²) in [6, 6.07) is 11.5. The number of carbonyl (C=O) groups is 1. The standard InChI is InChI=1S/C20H22FN3O2S.ClH/c1-23(2)11-4-12-24(19(25)14-5-8-16(26-3)9-6-14)20-22-17-10-7-15(21)13-18(17)27-20;/h5-10,13H,4,11-12H2,1-3H3;1H. The van der Waals surface area contributed by atoms with Crippen molar-refractivity contribution in [2.75, 3.05) is 39.2 Å². The molecule has 3 aromatic rings. The van der Waals surface area contributed by atoms with Gasteiger partial charge in [-0.05, 0) is 69.5 Å². The normalized spacial score (nSPS) is 10.8. The van der Waals surface area contributed by atoms with Crippen LogP contribution in [0, 0.1) is 5.82 Å². The monoisotopic (exact) mass is 423 g/mol. The predicted molar refractivity (Wildman–Crippen MR) is 115 cm³/mol. The average Bonchev–Trinajstić information content (AvgIpc) is 3.07. The predicted octanol–water partition coefficient (Wildman–Crippen LogP) is 4.46. The molecule has 0 aliphatic heterocycles. The lowest BCUT2D eigenvalue weighted by molar-refractivity contribution is 0.0986. The first-order valence-corrected chi connectivity index (χ1v) is 9.46. The van der Waals surface area contributed by atoms with Crippen molar-refractivity contribution < 1.29 is 13.9 Å². The maximum Gasteiger partial charge on any atom is 0.260 e. The lowest BCUT2D eigenvalue weighted by Crippen LogP contribution is -2.33. The smallest absolute Gasteiger partial charge is 0.260 e. The fourth-order valence-electron chi connectivity index (χ4n) is 2.72. The number of anilines is 1. The highest BCUT2D eigenvalue weighted by molar-refractivity contribution is 7.22. The molecule has 2 aromatic carbocycles. The molecule has 0 fully saturated rings. The number of halogens is 2. The molecule has 5 nitrogen and oxygen atoms in total. The van der Waals surface area contributed by atoms with Crippen LogP contribution in [0.25, 0.3) is 10.2 Å². The number of carbonyl (C=O) groups excluding carboxylic acids is 1. The zero-order valence-corrected chi connectivity index (χ0v) is 17.6. The fraction of sp³-hybridized carbons (Fsp3) is 0.300. The van der Waals surface area contributed by atoms with Crippen molar-refractivity contribution in [3.8, 4) is 5.75 Å². The van der Waals surface area contributed by atoms with Crippen LogP contribution in [0.1, 0.15) is 16.8 Å². The van der Waals surface area contributed by atoms with Gasteiger partial charge in [-0.3, -0.25) is 9.69 Å². The molecule has 0 N–H and O–H groups in total. The Bertz CT molecular complexity index is 931. The minimum absolute atomic E-state index is 0. The number of nitrogens with zero attached hydrogens (tertiary/aromatic N) is 3. The van der Waals surface area contributed by atoms with Crippen LogP contribution in [-0.2, 0) is 0 Å². The summed E-state index contributed by atoms with van der Waals surface area (Å²) in [7, 11) is 5.58. The molecule has 1 amide bonds. The third-order valence-corrected chi connectivity index (χ3v) is 5.18. The Kier molecular flexibility index (Phi) is 7.74. The lowest BCUT2D eigenvalue weighted by Gasteiger charge is -2.21. The first-order chi connectivity index (χ1) is 13.0. The number of methoxy groups -OCH3 is 1. The van der Waals surface area contributed by atoms with Crippen LogP contribution in [0.2, 0.25) is 0 Å². The van der Waals surface area contributed by atoms with Gasteiger partial charge in [-0.2, -0.15) is 0 Å². The van der Waals surface area contributed by atoms with Crippen molar-refractivity contribution in [2.24, 2.45) is 0 Å². The second-order valence-corrected chi connectivity index (χ2v) is 7.46. The summed E-state index contributed by atoms with van der Waals surface area (Å²) in [5, 5.41) is 0.579. The molecule has 3 rings (SSSR count). The van der Waals surface area contributed by atoms with Gasteiger partial charge < -0.3 is 9.64 Å². The van der Waals surface area contributed by atoms with Crippen LogP contribution in [0.4, 0.5) is 9.52 Å². The third kappa shape index (κ3) is 5.19. The van der Waals surface area contributed by atoms with Crippen LogP contribution >= 0.6 is 23.7 Å². The summed E-state index contributed by atoms with van der Waals surface area (Å²) in [5.74, 6) is 0.260. The minimum Gasteiger partial charge on any atom is -0.497 e. The summed E-state index contributed by atoms with van der Waals surface area (Å²) in [4.78, 5) is 21.4. The van der Waals surface area contributed by atoms with Crippen LogP contribution in [-0.4, -0.2) is 50.1 Å². The van der Waals surface area contributed by atoms with E-state index in [1.54, 1.807) is 42.3 Å². The Labute approximate surface area is 174 Å². The summed E-state index contributed by atoms with van der Waals surface area (Å²) >= 11 is 1.32. The molecule has 0 saturated carbocycles. The molecule has 1 aromatic heterocycles. The van der Waals surface area contributed by atoms with Crippen LogP contribution < -0.4 is 9.64 Å². The molecule has 8 heteroatoms. The third-order valence-electron chi connectivity index (χ3n) is 4.14. The van der Waals surface area contributed by atoms with E-state index in [0.717, 1.165) is 17.7 Å². The largest absolute Gasteiger partial charge is 0.497 e. The number of amides is 1. The summed E-state index contributed by atoms with van der Waals surface area (Å²) in [6.07, 6.45) is 0.805. The van der Waals surface area contributed by atoms with Crippen LogP contribution in [0.15, 0.2) is 42.5 Å². The molecule has 28 heavy (non-hydrogen) atoms. The molecular weight excluding hydrogens is 401 g/mol. The van der Waals surface area contributed by atoms with Gasteiger partial charge in [0.1, 0.15) is 11.6 Å². The molecule has 0 spiro atoms. The number of fused-ring (bicyclic) bond motifs is 1. The SMILES string of the molecule is COc1ccc(C(=O)N(CCCN(C)C)c2nc3ccc(F)cc3s2)cc1.Cl. The maximum absolute atomic E-state index is 13.5. The number of hydrogen-bond acceptors (Lipinski definition) is 5. The molecule has 0 radical (unpaired) electrons. The molecular formula is C20H23ClFN3O2S. The van der Waals surface area contributed by atoms with Gasteiger partial charge in [-0.25, -0.2) is 9.37 Å². The minimum atomic E-state index is -0.307. The Morgan fingerprint density at radius 2 is 1.86 bits per heavy atom. The molecule has 0 unspecified atom stereocenters. The molecule has 150 valence electrons. The Hall–Kier alpha value is -2.22. The second kappa shape index (κ2) is 9.82. The Morgan fingerprint density at radius 3 is 2.50 bits per heavy atom. The molecule has 0 atom stereocenters. The Balaban J connectivity index is 0.00000280. The van der Waals surface area contributed by atoms with Crippen LogP contribution in [0.3, 0.4) is 0 Å². The molecule has 1 heterocycles. The molecule has 0 bridgehead atoms. The number of aromatic nitrogens is 1. The number of rotatable bonds is 7. The number of benzene rings is 2. The Morgan fingerprint density at radius 1 is 1.14 bits per heavy atom. The number of thiazole rings is 1. The van der Waals surface area contributed by atoms with E-state index in [-0.39, 0.29) is 24.1 Å². The highest BCUT2D eigenvalue weighted by atomic mass is 35.5. The van der Waals surface area contributed by atoms with Gasteiger partial charge in [0.25, 0.3) is 5.91 Å². The summed E-state index contributed by atoms with van der Waals surface area (Å²) in [5.41, 5.74) is 1.25. The van der Waals surface area contributed by atoms with E-state index < -0.39 is 0 Å². The molecule has 0 aliphatic carbocycles. The highest BCUT2D eigenvalue weighted by Crippen LogP contribution is 2.30. The van der Waals surface area contributed by atoms with Crippen molar-refractivity contribution in [1.82, 2.24) is 9.88 Å². The van der Waals surface area contributed by atoms with E-state index in [9.17, 15) is 9.18 Å². The van der Waals surface area contributed by atoms with Crippen molar-refractivity contribution in [2.45, 2.75) is 6.42 Å². The quantitative estimate of drug-likeness (QED) is 0.562. The zero-order valence-electron chi connectivity index (χ0n) is 16.0. The number of ether oxygens (including phenoxy) is 1. The van der Waals surface area contributed by atoms with E-state index in [4.69, 9.17) is 4.74 Å². The average molecular weight is 424 g/mol. The summed E-state index contributed by atoms with van der Waals surface area (Å²) < 4.78 is 19.4. The van der Waals surface area contributed by atoms with E-state index in [1.807, 2.05) is 14.1 Å². The van der Waals surface area contributed by atoms with E-state index in [2.05, 4.69) is 9.88 Å². The summed E-state index contributed by atoms with van der Waals surface area (Å²) in [6.45, 7) is 1.39. The van der Waals surface area contributed by atoms with Gasteiger partial charge in [-0.15, -0.1) is 12.4 Å². The first kappa shape index (κ1) is 22.1.